The number of rotatable bonds is 6. The van der Waals surface area contributed by atoms with Crippen LogP contribution in [-0.2, 0) is 4.74 Å². The molecule has 0 spiro atoms. The van der Waals surface area contributed by atoms with Gasteiger partial charge in [-0.2, -0.15) is 0 Å². The van der Waals surface area contributed by atoms with Crippen LogP contribution in [0.1, 0.15) is 27.0 Å². The average Bonchev–Trinajstić information content (AvgIpc) is 3.29. The molecule has 4 rings (SSSR count). The molecule has 1 saturated heterocycles. The van der Waals surface area contributed by atoms with Gasteiger partial charge < -0.3 is 10.1 Å². The maximum Gasteiger partial charge on any atom is 0.253 e. The van der Waals surface area contributed by atoms with Crippen molar-refractivity contribution >= 4 is 17.2 Å². The molecule has 150 valence electrons. The largest absolute Gasteiger partial charge is 0.379 e. The first-order valence-electron chi connectivity index (χ1n) is 9.89. The van der Waals surface area contributed by atoms with Crippen LogP contribution in [0.15, 0.2) is 60.0 Å². The smallest absolute Gasteiger partial charge is 0.253 e. The first-order valence-corrected chi connectivity index (χ1v) is 10.8. The van der Waals surface area contributed by atoms with E-state index in [-0.39, 0.29) is 11.9 Å². The molecule has 6 heteroatoms. The number of pyridine rings is 1. The van der Waals surface area contributed by atoms with E-state index in [0.29, 0.717) is 12.1 Å². The Bertz CT molecular complexity index is 938. The van der Waals surface area contributed by atoms with Crippen molar-refractivity contribution in [3.63, 3.8) is 0 Å². The van der Waals surface area contributed by atoms with Gasteiger partial charge in [0.1, 0.15) is 0 Å². The first kappa shape index (κ1) is 19.8. The Morgan fingerprint density at radius 2 is 1.93 bits per heavy atom. The lowest BCUT2D eigenvalue weighted by Gasteiger charge is -2.34. The zero-order valence-electron chi connectivity index (χ0n) is 16.5. The van der Waals surface area contributed by atoms with Crippen LogP contribution in [0, 0.1) is 6.92 Å². The predicted octanol–water partition coefficient (Wildman–Crippen LogP) is 3.92. The number of morpholine rings is 1. The van der Waals surface area contributed by atoms with E-state index in [0.717, 1.165) is 43.3 Å². The molecule has 29 heavy (non-hydrogen) atoms. The molecule has 1 unspecified atom stereocenters. The Balaban J connectivity index is 1.46. The van der Waals surface area contributed by atoms with Crippen molar-refractivity contribution in [2.45, 2.75) is 13.0 Å². The van der Waals surface area contributed by atoms with Gasteiger partial charge in [0.15, 0.2) is 0 Å². The van der Waals surface area contributed by atoms with Crippen LogP contribution in [0.3, 0.4) is 0 Å². The van der Waals surface area contributed by atoms with Gasteiger partial charge in [-0.3, -0.25) is 14.7 Å². The number of hydrogen-bond acceptors (Lipinski definition) is 5. The molecule has 0 aliphatic carbocycles. The highest BCUT2D eigenvalue weighted by atomic mass is 32.1. The highest BCUT2D eigenvalue weighted by Crippen LogP contribution is 2.26. The second-order valence-electron chi connectivity index (χ2n) is 7.09. The summed E-state index contributed by atoms with van der Waals surface area (Å²) in [6, 6.07) is 18.2. The lowest BCUT2D eigenvalue weighted by Crippen LogP contribution is -2.43. The van der Waals surface area contributed by atoms with Crippen molar-refractivity contribution in [1.82, 2.24) is 15.2 Å². The van der Waals surface area contributed by atoms with Crippen LogP contribution in [0.5, 0.6) is 0 Å². The van der Waals surface area contributed by atoms with E-state index < -0.39 is 0 Å². The van der Waals surface area contributed by atoms with E-state index in [1.165, 1.54) is 4.88 Å². The molecular formula is C23H25N3O2S. The van der Waals surface area contributed by atoms with Gasteiger partial charge in [-0.05, 0) is 30.5 Å². The van der Waals surface area contributed by atoms with E-state index >= 15 is 0 Å². The predicted molar refractivity (Wildman–Crippen MR) is 116 cm³/mol. The molecule has 1 aromatic carbocycles. The number of thiophene rings is 1. The fraction of sp³-hybridized carbons (Fsp3) is 0.304. The van der Waals surface area contributed by atoms with Crippen molar-refractivity contribution in [3.05, 3.63) is 76.1 Å². The number of hydrogen-bond donors (Lipinski definition) is 1. The van der Waals surface area contributed by atoms with Crippen LogP contribution in [-0.4, -0.2) is 48.6 Å². The molecule has 0 bridgehead atoms. The van der Waals surface area contributed by atoms with E-state index in [1.807, 2.05) is 49.4 Å². The third-order valence-electron chi connectivity index (χ3n) is 5.21. The van der Waals surface area contributed by atoms with Crippen molar-refractivity contribution in [2.24, 2.45) is 0 Å². The number of nitrogens with one attached hydrogen (secondary N) is 1. The number of nitrogens with zero attached hydrogens (tertiary/aromatic N) is 2. The van der Waals surface area contributed by atoms with Crippen LogP contribution in [0.25, 0.3) is 11.3 Å². The molecule has 1 N–H and O–H groups in total. The highest BCUT2D eigenvalue weighted by Gasteiger charge is 2.24. The summed E-state index contributed by atoms with van der Waals surface area (Å²) in [6.07, 6.45) is 0. The van der Waals surface area contributed by atoms with Crippen LogP contribution >= 0.6 is 11.3 Å². The molecule has 1 aliphatic rings. The van der Waals surface area contributed by atoms with E-state index in [4.69, 9.17) is 4.74 Å². The fourth-order valence-corrected chi connectivity index (χ4v) is 4.50. The van der Waals surface area contributed by atoms with Crippen LogP contribution in [0.4, 0.5) is 0 Å². The molecule has 1 aliphatic heterocycles. The van der Waals surface area contributed by atoms with Gasteiger partial charge in [0.25, 0.3) is 5.91 Å². The minimum Gasteiger partial charge on any atom is -0.379 e. The molecule has 0 saturated carbocycles. The Hall–Kier alpha value is -2.54. The monoisotopic (exact) mass is 407 g/mol. The fourth-order valence-electron chi connectivity index (χ4n) is 3.63. The maximum absolute atomic E-state index is 12.9. The van der Waals surface area contributed by atoms with E-state index in [1.54, 1.807) is 11.3 Å². The molecule has 5 nitrogen and oxygen atoms in total. The van der Waals surface area contributed by atoms with Gasteiger partial charge in [0.05, 0.1) is 36.2 Å². The lowest BCUT2D eigenvalue weighted by atomic mass is 10.1. The summed E-state index contributed by atoms with van der Waals surface area (Å²) in [6.45, 7) is 5.69. The van der Waals surface area contributed by atoms with Gasteiger partial charge in [-0.1, -0.05) is 36.4 Å². The summed E-state index contributed by atoms with van der Waals surface area (Å²) >= 11 is 1.73. The SMILES string of the molecule is Cc1nc(-c2ccccc2)ccc1C(=O)NCC(c1cccs1)N1CCOCC1. The minimum absolute atomic E-state index is 0.0792. The van der Waals surface area contributed by atoms with Gasteiger partial charge in [0.2, 0.25) is 0 Å². The van der Waals surface area contributed by atoms with Crippen molar-refractivity contribution in [3.8, 4) is 11.3 Å². The summed E-state index contributed by atoms with van der Waals surface area (Å²) in [7, 11) is 0. The Labute approximate surface area is 175 Å². The number of ether oxygens (including phenoxy) is 1. The molecule has 3 aromatic rings. The third-order valence-corrected chi connectivity index (χ3v) is 6.19. The molecule has 1 atom stereocenters. The average molecular weight is 408 g/mol. The minimum atomic E-state index is -0.0792. The summed E-state index contributed by atoms with van der Waals surface area (Å²) in [5.41, 5.74) is 3.29. The van der Waals surface area contributed by atoms with E-state index in [9.17, 15) is 4.79 Å². The maximum atomic E-state index is 12.9. The normalized spacial score (nSPS) is 15.8. The first-order chi connectivity index (χ1) is 14.2. The topological polar surface area (TPSA) is 54.5 Å². The quantitative estimate of drug-likeness (QED) is 0.673. The summed E-state index contributed by atoms with van der Waals surface area (Å²) < 4.78 is 5.49. The third kappa shape index (κ3) is 4.72. The van der Waals surface area contributed by atoms with Crippen molar-refractivity contribution in [2.75, 3.05) is 32.8 Å². The zero-order chi connectivity index (χ0) is 20.1. The number of amides is 1. The molecule has 3 heterocycles. The second kappa shape index (κ2) is 9.31. The number of aromatic nitrogens is 1. The molecule has 1 fully saturated rings. The molecule has 1 amide bonds. The Kier molecular flexibility index (Phi) is 6.34. The summed E-state index contributed by atoms with van der Waals surface area (Å²) in [4.78, 5) is 21.2. The highest BCUT2D eigenvalue weighted by molar-refractivity contribution is 7.10. The van der Waals surface area contributed by atoms with Gasteiger partial charge >= 0.3 is 0 Å². The van der Waals surface area contributed by atoms with Gasteiger partial charge in [0, 0.05) is 30.1 Å². The number of carbonyl (C=O) groups excluding carboxylic acids is 1. The van der Waals surface area contributed by atoms with Crippen LogP contribution in [0.2, 0.25) is 0 Å². The molecule has 0 radical (unpaired) electrons. The van der Waals surface area contributed by atoms with E-state index in [2.05, 4.69) is 32.7 Å². The standard InChI is InChI=1S/C23H25N3O2S/c1-17-19(9-10-20(25-17)18-6-3-2-4-7-18)23(27)24-16-21(22-8-5-15-29-22)26-11-13-28-14-12-26/h2-10,15,21H,11-14,16H2,1H3,(H,24,27). The van der Waals surface area contributed by atoms with Gasteiger partial charge in [-0.25, -0.2) is 0 Å². The Morgan fingerprint density at radius 1 is 1.14 bits per heavy atom. The molecular weight excluding hydrogens is 382 g/mol. The van der Waals surface area contributed by atoms with Crippen LogP contribution < -0.4 is 5.32 Å². The second-order valence-corrected chi connectivity index (χ2v) is 8.06. The zero-order valence-corrected chi connectivity index (χ0v) is 17.3. The van der Waals surface area contributed by atoms with Gasteiger partial charge in [-0.15, -0.1) is 11.3 Å². The summed E-state index contributed by atoms with van der Waals surface area (Å²) in [5, 5.41) is 5.21. The Morgan fingerprint density at radius 3 is 2.62 bits per heavy atom. The number of benzene rings is 1. The van der Waals surface area contributed by atoms with Crippen molar-refractivity contribution < 1.29 is 9.53 Å². The number of carbonyl (C=O) groups is 1. The summed E-state index contributed by atoms with van der Waals surface area (Å²) in [5.74, 6) is -0.0792. The van der Waals surface area contributed by atoms with Crippen molar-refractivity contribution in [1.29, 1.82) is 0 Å². The number of aryl methyl sites for hydroxylation is 1. The lowest BCUT2D eigenvalue weighted by molar-refractivity contribution is 0.0169. The molecule has 2 aromatic heterocycles.